The summed E-state index contributed by atoms with van der Waals surface area (Å²) in [6, 6.07) is 12.2. The van der Waals surface area contributed by atoms with Crippen molar-refractivity contribution in [3.63, 3.8) is 0 Å². The second kappa shape index (κ2) is 6.30. The lowest BCUT2D eigenvalue weighted by atomic mass is 9.84. The van der Waals surface area contributed by atoms with Crippen molar-refractivity contribution < 1.29 is 9.59 Å². The van der Waals surface area contributed by atoms with Crippen LogP contribution in [0.15, 0.2) is 41.8 Å². The summed E-state index contributed by atoms with van der Waals surface area (Å²) in [5, 5.41) is 2.03. The Morgan fingerprint density at radius 1 is 1.12 bits per heavy atom. The van der Waals surface area contributed by atoms with Crippen LogP contribution in [-0.4, -0.2) is 33.7 Å². The van der Waals surface area contributed by atoms with Crippen molar-refractivity contribution in [1.82, 2.24) is 9.80 Å². The van der Waals surface area contributed by atoms with E-state index in [9.17, 15) is 9.59 Å². The highest BCUT2D eigenvalue weighted by Gasteiger charge is 2.51. The van der Waals surface area contributed by atoms with Crippen molar-refractivity contribution in [2.24, 2.45) is 0 Å². The molecule has 130 valence electrons. The van der Waals surface area contributed by atoms with Crippen molar-refractivity contribution >= 4 is 23.2 Å². The van der Waals surface area contributed by atoms with Gasteiger partial charge in [0.15, 0.2) is 0 Å². The van der Waals surface area contributed by atoms with Gasteiger partial charge in [0.2, 0.25) is 11.8 Å². The zero-order valence-electron chi connectivity index (χ0n) is 14.4. The lowest BCUT2D eigenvalue weighted by Crippen LogP contribution is -2.67. The van der Waals surface area contributed by atoms with Crippen molar-refractivity contribution in [2.75, 3.05) is 6.54 Å². The third-order valence-electron chi connectivity index (χ3n) is 5.47. The number of aryl methyl sites for hydroxylation is 1. The fourth-order valence-electron chi connectivity index (χ4n) is 3.82. The normalized spacial score (nSPS) is 21.8. The molecule has 0 aliphatic carbocycles. The number of carbonyl (C=O) groups is 2. The van der Waals surface area contributed by atoms with Crippen LogP contribution < -0.4 is 0 Å². The number of rotatable bonds is 4. The van der Waals surface area contributed by atoms with Crippen LogP contribution in [0.1, 0.15) is 35.8 Å². The number of hydrogen-bond acceptors (Lipinski definition) is 3. The van der Waals surface area contributed by atoms with Crippen molar-refractivity contribution in [3.8, 4) is 0 Å². The highest BCUT2D eigenvalue weighted by molar-refractivity contribution is 7.09. The molecular weight excluding hydrogens is 332 g/mol. The van der Waals surface area contributed by atoms with Crippen LogP contribution in [0, 0.1) is 0 Å². The third kappa shape index (κ3) is 2.86. The van der Waals surface area contributed by atoms with E-state index in [0.29, 0.717) is 26.1 Å². The first-order valence-corrected chi connectivity index (χ1v) is 9.65. The maximum absolute atomic E-state index is 13.1. The minimum absolute atomic E-state index is 0.0828. The minimum Gasteiger partial charge on any atom is -0.332 e. The molecule has 3 heterocycles. The van der Waals surface area contributed by atoms with Crippen LogP contribution in [-0.2, 0) is 29.1 Å². The van der Waals surface area contributed by atoms with E-state index in [4.69, 9.17) is 0 Å². The van der Waals surface area contributed by atoms with Crippen LogP contribution in [0.5, 0.6) is 0 Å². The lowest BCUT2D eigenvalue weighted by Gasteiger charge is -2.50. The van der Waals surface area contributed by atoms with Gasteiger partial charge >= 0.3 is 0 Å². The molecule has 2 aromatic rings. The molecule has 0 bridgehead atoms. The Hall–Kier alpha value is -2.14. The first-order valence-electron chi connectivity index (χ1n) is 8.77. The monoisotopic (exact) mass is 354 g/mol. The summed E-state index contributed by atoms with van der Waals surface area (Å²) in [7, 11) is 0. The van der Waals surface area contributed by atoms with E-state index in [-0.39, 0.29) is 11.8 Å². The molecule has 0 radical (unpaired) electrons. The van der Waals surface area contributed by atoms with E-state index < -0.39 is 5.54 Å². The Bertz CT molecular complexity index is 777. The number of carbonyl (C=O) groups excluding carboxylic acids is 2. The van der Waals surface area contributed by atoms with Crippen molar-refractivity contribution in [1.29, 1.82) is 0 Å². The van der Waals surface area contributed by atoms with E-state index in [1.807, 2.05) is 35.4 Å². The summed E-state index contributed by atoms with van der Waals surface area (Å²) in [6.45, 7) is 3.92. The SMILES string of the molecule is CC1(C(=O)N2Cc3ccccc3C2)CCN1C(=O)CCc1cccs1. The Balaban J connectivity index is 1.41. The molecule has 0 spiro atoms. The molecule has 4 nitrogen and oxygen atoms in total. The minimum atomic E-state index is -0.672. The molecule has 2 aliphatic rings. The van der Waals surface area contributed by atoms with Gasteiger partial charge in [0.1, 0.15) is 5.54 Å². The lowest BCUT2D eigenvalue weighted by molar-refractivity contribution is -0.164. The molecule has 1 saturated heterocycles. The summed E-state index contributed by atoms with van der Waals surface area (Å²) in [5.41, 5.74) is 1.76. The first kappa shape index (κ1) is 16.3. The second-order valence-electron chi connectivity index (χ2n) is 7.08. The molecule has 0 N–H and O–H groups in total. The number of fused-ring (bicyclic) bond motifs is 1. The Morgan fingerprint density at radius 3 is 2.40 bits per heavy atom. The standard InChI is InChI=1S/C20H22N2O2S/c1-20(19(24)21-13-15-5-2-3-6-16(15)14-21)10-11-22(20)18(23)9-8-17-7-4-12-25-17/h2-7,12H,8-11,13-14H2,1H3. The average molecular weight is 354 g/mol. The topological polar surface area (TPSA) is 40.6 Å². The van der Waals surface area contributed by atoms with E-state index >= 15 is 0 Å². The maximum atomic E-state index is 13.1. The van der Waals surface area contributed by atoms with Gasteiger partial charge in [-0.05, 0) is 42.3 Å². The number of amides is 2. The van der Waals surface area contributed by atoms with Gasteiger partial charge in [0, 0.05) is 30.9 Å². The largest absolute Gasteiger partial charge is 0.332 e. The summed E-state index contributed by atoms with van der Waals surface area (Å²) in [4.78, 5) is 30.6. The van der Waals surface area contributed by atoms with Gasteiger partial charge < -0.3 is 9.80 Å². The Labute approximate surface area is 152 Å². The quantitative estimate of drug-likeness (QED) is 0.846. The molecule has 1 aromatic carbocycles. The van der Waals surface area contributed by atoms with Crippen LogP contribution in [0.4, 0.5) is 0 Å². The van der Waals surface area contributed by atoms with E-state index in [1.54, 1.807) is 16.2 Å². The second-order valence-corrected chi connectivity index (χ2v) is 8.11. The third-order valence-corrected chi connectivity index (χ3v) is 6.41. The van der Waals surface area contributed by atoms with E-state index in [2.05, 4.69) is 18.2 Å². The van der Waals surface area contributed by atoms with E-state index in [0.717, 1.165) is 12.8 Å². The Morgan fingerprint density at radius 2 is 1.84 bits per heavy atom. The zero-order chi connectivity index (χ0) is 17.4. The number of thiophene rings is 1. The molecule has 1 aromatic heterocycles. The predicted octanol–water partition coefficient (Wildman–Crippen LogP) is 3.21. The highest BCUT2D eigenvalue weighted by atomic mass is 32.1. The Kier molecular flexibility index (Phi) is 4.12. The molecule has 25 heavy (non-hydrogen) atoms. The van der Waals surface area contributed by atoms with Gasteiger partial charge in [-0.25, -0.2) is 0 Å². The highest BCUT2D eigenvalue weighted by Crippen LogP contribution is 2.35. The molecule has 5 heteroatoms. The molecule has 1 fully saturated rings. The summed E-state index contributed by atoms with van der Waals surface area (Å²) in [5.74, 6) is 0.173. The predicted molar refractivity (Wildman–Crippen MR) is 98.1 cm³/mol. The zero-order valence-corrected chi connectivity index (χ0v) is 15.2. The summed E-state index contributed by atoms with van der Waals surface area (Å²) >= 11 is 1.68. The van der Waals surface area contributed by atoms with Crippen molar-refractivity contribution in [3.05, 3.63) is 57.8 Å². The molecule has 2 amide bonds. The maximum Gasteiger partial charge on any atom is 0.248 e. The summed E-state index contributed by atoms with van der Waals surface area (Å²) < 4.78 is 0. The van der Waals surface area contributed by atoms with Gasteiger partial charge in [0.25, 0.3) is 0 Å². The first-order chi connectivity index (χ1) is 12.1. The molecule has 1 unspecified atom stereocenters. The van der Waals surface area contributed by atoms with Crippen LogP contribution in [0.3, 0.4) is 0 Å². The van der Waals surface area contributed by atoms with Crippen molar-refractivity contribution in [2.45, 2.75) is 44.8 Å². The van der Waals surface area contributed by atoms with Crippen LogP contribution in [0.25, 0.3) is 0 Å². The number of hydrogen-bond donors (Lipinski definition) is 0. The average Bonchev–Trinajstić information content (AvgIpc) is 3.26. The van der Waals surface area contributed by atoms with Gasteiger partial charge in [-0.15, -0.1) is 11.3 Å². The molecule has 4 rings (SSSR count). The smallest absolute Gasteiger partial charge is 0.248 e. The van der Waals surface area contributed by atoms with Gasteiger partial charge in [0.05, 0.1) is 0 Å². The van der Waals surface area contributed by atoms with Crippen LogP contribution in [0.2, 0.25) is 0 Å². The fraction of sp³-hybridized carbons (Fsp3) is 0.400. The molecule has 0 saturated carbocycles. The fourth-order valence-corrected chi connectivity index (χ4v) is 4.53. The number of nitrogens with zero attached hydrogens (tertiary/aromatic N) is 2. The van der Waals surface area contributed by atoms with Crippen LogP contribution >= 0.6 is 11.3 Å². The van der Waals surface area contributed by atoms with Gasteiger partial charge in [-0.2, -0.15) is 0 Å². The summed E-state index contributed by atoms with van der Waals surface area (Å²) in [6.07, 6.45) is 1.99. The number of benzene rings is 1. The van der Waals surface area contributed by atoms with Gasteiger partial charge in [-0.1, -0.05) is 30.3 Å². The molecular formula is C20H22N2O2S. The van der Waals surface area contributed by atoms with E-state index in [1.165, 1.54) is 16.0 Å². The molecule has 1 atom stereocenters. The van der Waals surface area contributed by atoms with Gasteiger partial charge in [-0.3, -0.25) is 9.59 Å². The number of likely N-dealkylation sites (tertiary alicyclic amines) is 1. The molecule has 2 aliphatic heterocycles.